The van der Waals surface area contributed by atoms with Crippen molar-refractivity contribution in [1.82, 2.24) is 0 Å². The van der Waals surface area contributed by atoms with Crippen molar-refractivity contribution >= 4 is 17.3 Å². The SMILES string of the molecule is CO[C@H]1CCN(c2ccc(NC(=O)c3ccc4c(c3)OCO4)cc2)C1. The largest absolute Gasteiger partial charge is 0.454 e. The van der Waals surface area contributed by atoms with Crippen LogP contribution in [0.5, 0.6) is 11.5 Å². The Bertz CT molecular complexity index is 775. The summed E-state index contributed by atoms with van der Waals surface area (Å²) >= 11 is 0. The van der Waals surface area contributed by atoms with E-state index in [2.05, 4.69) is 10.2 Å². The molecule has 0 bridgehead atoms. The van der Waals surface area contributed by atoms with Gasteiger partial charge in [-0.2, -0.15) is 0 Å². The van der Waals surface area contributed by atoms with Gasteiger partial charge in [0.15, 0.2) is 11.5 Å². The van der Waals surface area contributed by atoms with Crippen LogP contribution >= 0.6 is 0 Å². The van der Waals surface area contributed by atoms with Crippen LogP contribution in [0, 0.1) is 0 Å². The van der Waals surface area contributed by atoms with Crippen LogP contribution in [-0.2, 0) is 4.74 Å². The number of benzene rings is 2. The fraction of sp³-hybridized carbons (Fsp3) is 0.316. The molecule has 0 spiro atoms. The molecule has 130 valence electrons. The molecule has 2 aliphatic rings. The number of hydrogen-bond acceptors (Lipinski definition) is 5. The molecule has 0 saturated carbocycles. The zero-order valence-electron chi connectivity index (χ0n) is 14.0. The van der Waals surface area contributed by atoms with Crippen LogP contribution in [0.2, 0.25) is 0 Å². The Morgan fingerprint density at radius 3 is 2.72 bits per heavy atom. The Labute approximate surface area is 146 Å². The van der Waals surface area contributed by atoms with Crippen molar-refractivity contribution in [1.29, 1.82) is 0 Å². The van der Waals surface area contributed by atoms with E-state index < -0.39 is 0 Å². The van der Waals surface area contributed by atoms with Gasteiger partial charge in [-0.3, -0.25) is 4.79 Å². The van der Waals surface area contributed by atoms with E-state index in [4.69, 9.17) is 14.2 Å². The first-order valence-electron chi connectivity index (χ1n) is 8.32. The molecular weight excluding hydrogens is 320 g/mol. The lowest BCUT2D eigenvalue weighted by molar-refractivity contribution is 0.102. The van der Waals surface area contributed by atoms with Crippen molar-refractivity contribution in [3.05, 3.63) is 48.0 Å². The van der Waals surface area contributed by atoms with Gasteiger partial charge in [0.25, 0.3) is 5.91 Å². The van der Waals surface area contributed by atoms with E-state index in [1.54, 1.807) is 25.3 Å². The Hall–Kier alpha value is -2.73. The van der Waals surface area contributed by atoms with E-state index in [1.807, 2.05) is 24.3 Å². The second-order valence-electron chi connectivity index (χ2n) is 6.16. The summed E-state index contributed by atoms with van der Waals surface area (Å²) in [7, 11) is 1.75. The Morgan fingerprint density at radius 1 is 1.16 bits per heavy atom. The van der Waals surface area contributed by atoms with Crippen LogP contribution in [0.4, 0.5) is 11.4 Å². The molecule has 1 N–H and O–H groups in total. The maximum atomic E-state index is 12.4. The van der Waals surface area contributed by atoms with Gasteiger partial charge in [0.05, 0.1) is 6.10 Å². The first-order valence-corrected chi connectivity index (χ1v) is 8.32. The summed E-state index contributed by atoms with van der Waals surface area (Å²) in [5, 5.41) is 2.91. The van der Waals surface area contributed by atoms with Gasteiger partial charge in [-0.05, 0) is 48.9 Å². The third kappa shape index (κ3) is 3.25. The molecule has 1 atom stereocenters. The van der Waals surface area contributed by atoms with Crippen LogP contribution < -0.4 is 19.7 Å². The van der Waals surface area contributed by atoms with E-state index in [0.717, 1.165) is 30.9 Å². The smallest absolute Gasteiger partial charge is 0.255 e. The highest BCUT2D eigenvalue weighted by Gasteiger charge is 2.22. The van der Waals surface area contributed by atoms with E-state index in [1.165, 1.54) is 0 Å². The molecular formula is C19H20N2O4. The molecule has 0 unspecified atom stereocenters. The number of methoxy groups -OCH3 is 1. The lowest BCUT2D eigenvalue weighted by Gasteiger charge is -2.18. The lowest BCUT2D eigenvalue weighted by Crippen LogP contribution is -2.22. The standard InChI is InChI=1S/C19H20N2O4/c1-23-16-8-9-21(11-16)15-5-3-14(4-6-15)20-19(22)13-2-7-17-18(10-13)25-12-24-17/h2-7,10,16H,8-9,11-12H2,1H3,(H,20,22)/t16-/m0/s1. The normalized spacial score (nSPS) is 18.4. The molecule has 2 heterocycles. The summed E-state index contributed by atoms with van der Waals surface area (Å²) in [5.41, 5.74) is 2.44. The molecule has 2 aromatic carbocycles. The minimum Gasteiger partial charge on any atom is -0.454 e. The molecule has 1 saturated heterocycles. The molecule has 25 heavy (non-hydrogen) atoms. The van der Waals surface area contributed by atoms with Crippen molar-refractivity contribution < 1.29 is 19.0 Å². The van der Waals surface area contributed by atoms with Gasteiger partial charge < -0.3 is 24.4 Å². The predicted octanol–water partition coefficient (Wildman–Crippen LogP) is 2.89. The van der Waals surface area contributed by atoms with Gasteiger partial charge in [0, 0.05) is 37.1 Å². The number of ether oxygens (including phenoxy) is 3. The Kier molecular flexibility index (Phi) is 4.19. The average Bonchev–Trinajstić information content (AvgIpc) is 3.30. The Balaban J connectivity index is 1.42. The van der Waals surface area contributed by atoms with Gasteiger partial charge >= 0.3 is 0 Å². The predicted molar refractivity (Wildman–Crippen MR) is 94.6 cm³/mol. The number of amides is 1. The highest BCUT2D eigenvalue weighted by molar-refractivity contribution is 6.04. The number of carbonyl (C=O) groups is 1. The van der Waals surface area contributed by atoms with Crippen molar-refractivity contribution in [2.75, 3.05) is 37.2 Å². The minimum absolute atomic E-state index is 0.174. The van der Waals surface area contributed by atoms with E-state index in [9.17, 15) is 4.79 Å². The van der Waals surface area contributed by atoms with E-state index in [-0.39, 0.29) is 12.7 Å². The topological polar surface area (TPSA) is 60.0 Å². The fourth-order valence-corrected chi connectivity index (χ4v) is 3.15. The van der Waals surface area contributed by atoms with Crippen molar-refractivity contribution in [2.24, 2.45) is 0 Å². The summed E-state index contributed by atoms with van der Waals surface area (Å²) in [4.78, 5) is 14.7. The van der Waals surface area contributed by atoms with Crippen LogP contribution in [0.25, 0.3) is 0 Å². The number of carbonyl (C=O) groups excluding carboxylic acids is 1. The molecule has 0 radical (unpaired) electrons. The molecule has 0 aromatic heterocycles. The number of hydrogen-bond donors (Lipinski definition) is 1. The summed E-state index contributed by atoms with van der Waals surface area (Å²) < 4.78 is 16.0. The maximum absolute atomic E-state index is 12.4. The number of anilines is 2. The molecule has 0 aliphatic carbocycles. The van der Waals surface area contributed by atoms with Gasteiger partial charge in [-0.15, -0.1) is 0 Å². The summed E-state index contributed by atoms with van der Waals surface area (Å²) in [5.74, 6) is 1.09. The van der Waals surface area contributed by atoms with Crippen molar-refractivity contribution in [2.45, 2.75) is 12.5 Å². The highest BCUT2D eigenvalue weighted by Crippen LogP contribution is 2.32. The molecule has 2 aromatic rings. The second kappa shape index (κ2) is 6.64. The molecule has 1 amide bonds. The third-order valence-electron chi connectivity index (χ3n) is 4.60. The molecule has 2 aliphatic heterocycles. The summed E-state index contributed by atoms with van der Waals surface area (Å²) in [6, 6.07) is 13.1. The maximum Gasteiger partial charge on any atom is 0.255 e. The fourth-order valence-electron chi connectivity index (χ4n) is 3.15. The van der Waals surface area contributed by atoms with Gasteiger partial charge in [0.1, 0.15) is 0 Å². The Morgan fingerprint density at radius 2 is 1.96 bits per heavy atom. The van der Waals surface area contributed by atoms with Gasteiger partial charge in [-0.1, -0.05) is 0 Å². The van der Waals surface area contributed by atoms with Crippen LogP contribution in [0.1, 0.15) is 16.8 Å². The average molecular weight is 340 g/mol. The quantitative estimate of drug-likeness (QED) is 0.927. The second-order valence-corrected chi connectivity index (χ2v) is 6.16. The van der Waals surface area contributed by atoms with Crippen LogP contribution in [0.3, 0.4) is 0 Å². The number of nitrogens with zero attached hydrogens (tertiary/aromatic N) is 1. The molecule has 1 fully saturated rings. The first-order chi connectivity index (χ1) is 12.2. The third-order valence-corrected chi connectivity index (χ3v) is 4.60. The van der Waals surface area contributed by atoms with Gasteiger partial charge in [-0.25, -0.2) is 0 Å². The number of fused-ring (bicyclic) bond motifs is 1. The molecule has 4 rings (SSSR count). The van der Waals surface area contributed by atoms with Crippen LogP contribution in [0.15, 0.2) is 42.5 Å². The highest BCUT2D eigenvalue weighted by atomic mass is 16.7. The monoisotopic (exact) mass is 340 g/mol. The van der Waals surface area contributed by atoms with E-state index >= 15 is 0 Å². The zero-order chi connectivity index (χ0) is 17.2. The van der Waals surface area contributed by atoms with Crippen molar-refractivity contribution in [3.63, 3.8) is 0 Å². The summed E-state index contributed by atoms with van der Waals surface area (Å²) in [6.45, 7) is 2.09. The van der Waals surface area contributed by atoms with Crippen molar-refractivity contribution in [3.8, 4) is 11.5 Å². The summed E-state index contributed by atoms with van der Waals surface area (Å²) in [6.07, 6.45) is 1.34. The van der Waals surface area contributed by atoms with Gasteiger partial charge in [0.2, 0.25) is 6.79 Å². The first kappa shape index (κ1) is 15.8. The minimum atomic E-state index is -0.174. The number of rotatable bonds is 4. The van der Waals surface area contributed by atoms with E-state index in [0.29, 0.717) is 23.2 Å². The zero-order valence-corrected chi connectivity index (χ0v) is 14.0. The lowest BCUT2D eigenvalue weighted by atomic mass is 10.2. The molecule has 6 nitrogen and oxygen atoms in total. The van der Waals surface area contributed by atoms with Crippen LogP contribution in [-0.4, -0.2) is 39.0 Å². The molecule has 6 heteroatoms. The number of nitrogens with one attached hydrogen (secondary N) is 1.